The van der Waals surface area contributed by atoms with E-state index in [0.717, 1.165) is 42.3 Å². The summed E-state index contributed by atoms with van der Waals surface area (Å²) in [6.45, 7) is 5.40. The lowest BCUT2D eigenvalue weighted by Crippen LogP contribution is -2.43. The molecule has 0 aromatic carbocycles. The minimum absolute atomic E-state index is 0.00307. The molecule has 0 amide bonds. The summed E-state index contributed by atoms with van der Waals surface area (Å²) in [4.78, 5) is 25.2. The van der Waals surface area contributed by atoms with E-state index in [1.165, 1.54) is 29.7 Å². The van der Waals surface area contributed by atoms with Gasteiger partial charge in [0.1, 0.15) is 10.7 Å². The first-order chi connectivity index (χ1) is 14.0. The van der Waals surface area contributed by atoms with Crippen LogP contribution in [0.2, 0.25) is 0 Å². The van der Waals surface area contributed by atoms with Crippen molar-refractivity contribution in [2.45, 2.75) is 90.0 Å². The van der Waals surface area contributed by atoms with Gasteiger partial charge in [0.05, 0.1) is 30.7 Å². The van der Waals surface area contributed by atoms with Gasteiger partial charge in [0.2, 0.25) is 0 Å². The lowest BCUT2D eigenvalue weighted by Gasteiger charge is -2.35. The molecule has 0 aliphatic heterocycles. The van der Waals surface area contributed by atoms with Crippen LogP contribution in [0.4, 0.5) is 0 Å². The minimum Gasteiger partial charge on any atom is -0.389 e. The number of aromatic amines is 1. The van der Waals surface area contributed by atoms with Gasteiger partial charge in [0, 0.05) is 17.5 Å². The first-order valence-electron chi connectivity index (χ1n) is 11.1. The minimum atomic E-state index is -0.541. The maximum absolute atomic E-state index is 12.8. The van der Waals surface area contributed by atoms with Crippen LogP contribution in [-0.4, -0.2) is 51.4 Å². The Bertz CT molecular complexity index is 885. The van der Waals surface area contributed by atoms with Crippen LogP contribution in [0.25, 0.3) is 10.2 Å². The zero-order chi connectivity index (χ0) is 20.4. The van der Waals surface area contributed by atoms with E-state index >= 15 is 0 Å². The van der Waals surface area contributed by atoms with Gasteiger partial charge in [-0.3, -0.25) is 9.69 Å². The molecule has 2 aliphatic carbocycles. The summed E-state index contributed by atoms with van der Waals surface area (Å²) in [5, 5.41) is 11.3. The third-order valence-corrected chi connectivity index (χ3v) is 7.32. The van der Waals surface area contributed by atoms with Crippen molar-refractivity contribution in [3.8, 4) is 0 Å². The number of fused-ring (bicyclic) bond motifs is 3. The largest absolute Gasteiger partial charge is 0.389 e. The molecule has 2 aromatic rings. The molecular weight excluding hydrogens is 386 g/mol. The predicted octanol–water partition coefficient (Wildman–Crippen LogP) is 3.39. The van der Waals surface area contributed by atoms with E-state index in [0.29, 0.717) is 31.6 Å². The van der Waals surface area contributed by atoms with Gasteiger partial charge < -0.3 is 14.8 Å². The van der Waals surface area contributed by atoms with Crippen LogP contribution in [0.15, 0.2) is 4.79 Å². The molecule has 0 bridgehead atoms. The van der Waals surface area contributed by atoms with Crippen LogP contribution in [0, 0.1) is 0 Å². The van der Waals surface area contributed by atoms with Gasteiger partial charge in [-0.25, -0.2) is 4.98 Å². The van der Waals surface area contributed by atoms with E-state index in [9.17, 15) is 9.90 Å². The number of ether oxygens (including phenoxy) is 1. The number of hydrogen-bond donors (Lipinski definition) is 2. The Morgan fingerprint density at radius 3 is 2.79 bits per heavy atom. The molecule has 2 aromatic heterocycles. The average molecular weight is 420 g/mol. The molecule has 0 spiro atoms. The summed E-state index contributed by atoms with van der Waals surface area (Å²) in [5.74, 6) is 0.713. The van der Waals surface area contributed by atoms with Gasteiger partial charge in [0.15, 0.2) is 0 Å². The number of nitrogens with zero attached hydrogens (tertiary/aromatic N) is 2. The second kappa shape index (κ2) is 9.25. The fourth-order valence-corrected chi connectivity index (χ4v) is 6.01. The fourth-order valence-electron chi connectivity index (χ4n) is 4.73. The Kier molecular flexibility index (Phi) is 6.69. The highest BCUT2D eigenvalue weighted by atomic mass is 32.1. The Labute approximate surface area is 176 Å². The molecule has 6 nitrogen and oxygen atoms in total. The van der Waals surface area contributed by atoms with Crippen molar-refractivity contribution in [2.24, 2.45) is 0 Å². The Balaban J connectivity index is 1.54. The van der Waals surface area contributed by atoms with Crippen molar-refractivity contribution in [3.63, 3.8) is 0 Å². The number of H-pyrrole nitrogens is 1. The summed E-state index contributed by atoms with van der Waals surface area (Å²) in [7, 11) is 0. The lowest BCUT2D eigenvalue weighted by atomic mass is 9.94. The number of aryl methyl sites for hydroxylation is 2. The molecule has 4 rings (SSSR count). The Hall–Kier alpha value is -1.28. The number of aliphatic hydroxyl groups is 1. The van der Waals surface area contributed by atoms with Crippen molar-refractivity contribution < 1.29 is 9.84 Å². The van der Waals surface area contributed by atoms with Gasteiger partial charge in [0.25, 0.3) is 5.56 Å². The Morgan fingerprint density at radius 1 is 1.24 bits per heavy atom. The maximum atomic E-state index is 12.8. The topological polar surface area (TPSA) is 78.5 Å². The van der Waals surface area contributed by atoms with Gasteiger partial charge in [-0.05, 0) is 51.5 Å². The number of hydrogen-bond acceptors (Lipinski definition) is 6. The van der Waals surface area contributed by atoms with Gasteiger partial charge in [-0.2, -0.15) is 0 Å². The summed E-state index contributed by atoms with van der Waals surface area (Å²) in [6, 6.07) is 0.423. The normalized spacial score (nSPS) is 18.8. The summed E-state index contributed by atoms with van der Waals surface area (Å²) in [6.07, 6.45) is 8.77. The van der Waals surface area contributed by atoms with Gasteiger partial charge in [-0.15, -0.1) is 11.3 Å². The van der Waals surface area contributed by atoms with E-state index < -0.39 is 6.10 Å². The molecule has 0 radical (unpaired) electrons. The van der Waals surface area contributed by atoms with Crippen LogP contribution in [0.3, 0.4) is 0 Å². The fraction of sp³-hybridized carbons (Fsp3) is 0.727. The molecule has 2 N–H and O–H groups in total. The molecule has 1 saturated carbocycles. The van der Waals surface area contributed by atoms with Crippen LogP contribution in [0.1, 0.15) is 68.6 Å². The van der Waals surface area contributed by atoms with Crippen molar-refractivity contribution >= 4 is 21.6 Å². The van der Waals surface area contributed by atoms with E-state index in [2.05, 4.69) is 9.88 Å². The highest BCUT2D eigenvalue weighted by molar-refractivity contribution is 7.18. The molecule has 2 aliphatic rings. The molecule has 7 heteroatoms. The quantitative estimate of drug-likeness (QED) is 0.686. The summed E-state index contributed by atoms with van der Waals surface area (Å²) < 4.78 is 5.61. The number of aromatic nitrogens is 2. The molecule has 160 valence electrons. The third-order valence-electron chi connectivity index (χ3n) is 6.14. The van der Waals surface area contributed by atoms with Crippen molar-refractivity contribution in [3.05, 3.63) is 26.6 Å². The van der Waals surface area contributed by atoms with Crippen LogP contribution in [-0.2, 0) is 24.1 Å². The number of aliphatic hydroxyl groups excluding tert-OH is 1. The lowest BCUT2D eigenvalue weighted by molar-refractivity contribution is -0.0189. The Morgan fingerprint density at radius 2 is 2.03 bits per heavy atom. The highest BCUT2D eigenvalue weighted by Crippen LogP contribution is 2.34. The van der Waals surface area contributed by atoms with Gasteiger partial charge in [-0.1, -0.05) is 19.3 Å². The van der Waals surface area contributed by atoms with E-state index in [-0.39, 0.29) is 11.7 Å². The molecule has 0 saturated heterocycles. The van der Waals surface area contributed by atoms with E-state index in [4.69, 9.17) is 9.72 Å². The van der Waals surface area contributed by atoms with Crippen LogP contribution >= 0.6 is 11.3 Å². The van der Waals surface area contributed by atoms with Crippen LogP contribution in [0.5, 0.6) is 0 Å². The molecule has 29 heavy (non-hydrogen) atoms. The second-order valence-electron chi connectivity index (χ2n) is 8.81. The van der Waals surface area contributed by atoms with Crippen molar-refractivity contribution in [2.75, 3.05) is 13.2 Å². The summed E-state index contributed by atoms with van der Waals surface area (Å²) in [5.41, 5.74) is 1.22. The van der Waals surface area contributed by atoms with Crippen molar-refractivity contribution in [1.82, 2.24) is 14.9 Å². The van der Waals surface area contributed by atoms with Crippen LogP contribution < -0.4 is 5.56 Å². The molecule has 0 unspecified atom stereocenters. The number of thiophene rings is 1. The van der Waals surface area contributed by atoms with E-state index in [1.807, 2.05) is 13.8 Å². The molecular formula is C22H33N3O3S. The zero-order valence-electron chi connectivity index (χ0n) is 17.6. The second-order valence-corrected chi connectivity index (χ2v) is 9.89. The van der Waals surface area contributed by atoms with E-state index in [1.54, 1.807) is 11.3 Å². The average Bonchev–Trinajstić information content (AvgIpc) is 3.27. The standard InChI is InChI=1S/C22H33N3O3S/c1-14(2)28-13-16(26)11-25(15-7-4-3-5-8-15)12-19-23-21(27)20-17-9-6-10-18(17)29-22(20)24-19/h14-16,26H,3-13H2,1-2H3,(H,23,24,27)/t16-/m0/s1. The monoisotopic (exact) mass is 419 g/mol. The maximum Gasteiger partial charge on any atom is 0.259 e. The summed E-state index contributed by atoms with van der Waals surface area (Å²) >= 11 is 1.68. The SMILES string of the molecule is CC(C)OC[C@@H](O)CN(Cc1nc2sc3c(c2c(=O)[nH]1)CCC3)C1CCCCC1. The number of rotatable bonds is 8. The molecule has 2 heterocycles. The first-order valence-corrected chi connectivity index (χ1v) is 11.9. The third kappa shape index (κ3) is 4.90. The van der Waals surface area contributed by atoms with Crippen molar-refractivity contribution in [1.29, 1.82) is 0 Å². The van der Waals surface area contributed by atoms with Gasteiger partial charge >= 0.3 is 0 Å². The molecule has 1 atom stereocenters. The highest BCUT2D eigenvalue weighted by Gasteiger charge is 2.26. The first kappa shape index (κ1) is 21.0. The molecule has 1 fully saturated rings. The smallest absolute Gasteiger partial charge is 0.259 e. The zero-order valence-corrected chi connectivity index (χ0v) is 18.4. The number of nitrogens with one attached hydrogen (secondary N) is 1. The predicted molar refractivity (Wildman–Crippen MR) is 117 cm³/mol.